The number of ether oxygens (including phenoxy) is 2. The van der Waals surface area contributed by atoms with Crippen LogP contribution in [0.3, 0.4) is 0 Å². The average Bonchev–Trinajstić information content (AvgIpc) is 2.53. The molecular weight excluding hydrogens is 256 g/mol. The Balaban J connectivity index is 1.95. The molecule has 0 unspecified atom stereocenters. The van der Waals surface area contributed by atoms with Gasteiger partial charge in [0, 0.05) is 12.3 Å². The molecule has 5 heteroatoms. The van der Waals surface area contributed by atoms with Gasteiger partial charge in [-0.3, -0.25) is 0 Å². The second-order valence-electron chi connectivity index (χ2n) is 3.97. The molecule has 0 saturated carbocycles. The maximum atomic E-state index is 11.8. The Morgan fingerprint density at radius 2 is 2.00 bits per heavy atom. The Labute approximate surface area is 116 Å². The summed E-state index contributed by atoms with van der Waals surface area (Å²) in [7, 11) is 1.51. The van der Waals surface area contributed by atoms with Crippen molar-refractivity contribution in [3.8, 4) is 11.9 Å². The highest BCUT2D eigenvalue weighted by Gasteiger charge is 2.08. The normalized spacial score (nSPS) is 9.60. The molecule has 0 N–H and O–H groups in total. The maximum absolute atomic E-state index is 11.8. The van der Waals surface area contributed by atoms with Gasteiger partial charge in [0.15, 0.2) is 0 Å². The van der Waals surface area contributed by atoms with Crippen molar-refractivity contribution in [2.24, 2.45) is 0 Å². The number of esters is 1. The number of nitriles is 1. The lowest BCUT2D eigenvalue weighted by Gasteiger charge is -2.05. The number of rotatable bonds is 4. The summed E-state index contributed by atoms with van der Waals surface area (Å²) in [5.41, 5.74) is 1.75. The fraction of sp³-hybridized carbons (Fsp3) is 0.133. The van der Waals surface area contributed by atoms with Crippen LogP contribution in [0.15, 0.2) is 42.6 Å². The Hall–Kier alpha value is -2.87. The summed E-state index contributed by atoms with van der Waals surface area (Å²) in [6.07, 6.45) is 1.40. The third-order valence-electron chi connectivity index (χ3n) is 2.63. The van der Waals surface area contributed by atoms with Crippen LogP contribution in [0.4, 0.5) is 0 Å². The van der Waals surface area contributed by atoms with E-state index in [0.29, 0.717) is 17.0 Å². The average molecular weight is 268 g/mol. The maximum Gasteiger partial charge on any atom is 0.340 e. The second-order valence-corrected chi connectivity index (χ2v) is 3.97. The van der Waals surface area contributed by atoms with Gasteiger partial charge in [-0.25, -0.2) is 9.78 Å². The molecule has 0 spiro atoms. The molecule has 0 saturated heterocycles. The van der Waals surface area contributed by atoms with Crippen LogP contribution < -0.4 is 4.74 Å². The molecule has 0 aliphatic carbocycles. The minimum atomic E-state index is -0.454. The van der Waals surface area contributed by atoms with Gasteiger partial charge in [0.25, 0.3) is 0 Å². The molecule has 20 heavy (non-hydrogen) atoms. The van der Waals surface area contributed by atoms with E-state index < -0.39 is 5.97 Å². The monoisotopic (exact) mass is 268 g/mol. The lowest BCUT2D eigenvalue weighted by atomic mass is 10.1. The van der Waals surface area contributed by atoms with Gasteiger partial charge in [-0.05, 0) is 23.8 Å². The van der Waals surface area contributed by atoms with E-state index in [2.05, 4.69) is 4.98 Å². The van der Waals surface area contributed by atoms with Crippen LogP contribution in [0.1, 0.15) is 21.5 Å². The minimum absolute atomic E-state index is 0.149. The summed E-state index contributed by atoms with van der Waals surface area (Å²) in [5, 5.41) is 8.69. The number of nitrogens with zero attached hydrogens (tertiary/aromatic N) is 2. The summed E-state index contributed by atoms with van der Waals surface area (Å²) in [4.78, 5) is 15.7. The Kier molecular flexibility index (Phi) is 4.30. The van der Waals surface area contributed by atoms with E-state index in [-0.39, 0.29) is 6.61 Å². The molecule has 2 rings (SSSR count). The summed E-state index contributed by atoms with van der Waals surface area (Å²) in [6.45, 7) is 0.149. The highest BCUT2D eigenvalue weighted by molar-refractivity contribution is 5.89. The highest BCUT2D eigenvalue weighted by Crippen LogP contribution is 2.10. The third kappa shape index (κ3) is 3.33. The van der Waals surface area contributed by atoms with E-state index in [0.717, 1.165) is 5.56 Å². The Bertz CT molecular complexity index is 628. The molecule has 2 aromatic rings. The van der Waals surface area contributed by atoms with Crippen LogP contribution >= 0.6 is 0 Å². The van der Waals surface area contributed by atoms with Gasteiger partial charge in [0.2, 0.25) is 5.88 Å². The van der Waals surface area contributed by atoms with Gasteiger partial charge in [-0.1, -0.05) is 12.1 Å². The van der Waals surface area contributed by atoms with E-state index in [1.807, 2.05) is 6.07 Å². The van der Waals surface area contributed by atoms with Crippen LogP contribution in [0.5, 0.6) is 5.88 Å². The molecule has 5 nitrogen and oxygen atoms in total. The van der Waals surface area contributed by atoms with Crippen molar-refractivity contribution in [1.82, 2.24) is 4.98 Å². The van der Waals surface area contributed by atoms with Crippen molar-refractivity contribution in [1.29, 1.82) is 5.26 Å². The summed E-state index contributed by atoms with van der Waals surface area (Å²) >= 11 is 0. The molecular formula is C15H12N2O3. The number of hydrogen-bond acceptors (Lipinski definition) is 5. The van der Waals surface area contributed by atoms with E-state index in [4.69, 9.17) is 14.7 Å². The van der Waals surface area contributed by atoms with Gasteiger partial charge in [0.05, 0.1) is 24.3 Å². The fourth-order valence-corrected chi connectivity index (χ4v) is 1.53. The molecule has 0 radical (unpaired) electrons. The van der Waals surface area contributed by atoms with E-state index in [1.165, 1.54) is 13.3 Å². The zero-order chi connectivity index (χ0) is 14.4. The summed E-state index contributed by atoms with van der Waals surface area (Å²) in [5.74, 6) is -0.0156. The molecule has 0 atom stereocenters. The predicted octanol–water partition coefficient (Wildman–Crippen LogP) is 2.32. The number of aromatic nitrogens is 1. The number of carbonyl (C=O) groups is 1. The number of carbonyl (C=O) groups excluding carboxylic acids is 1. The third-order valence-corrected chi connectivity index (χ3v) is 2.63. The SMILES string of the molecule is COc1ccc(C(=O)OCc2ccc(C#N)cc2)cn1. The quantitative estimate of drug-likeness (QED) is 0.796. The molecule has 0 aliphatic rings. The number of benzene rings is 1. The van der Waals surface area contributed by atoms with E-state index >= 15 is 0 Å². The van der Waals surface area contributed by atoms with E-state index in [1.54, 1.807) is 36.4 Å². The molecule has 1 aromatic carbocycles. The Morgan fingerprint density at radius 1 is 1.25 bits per heavy atom. The molecule has 1 heterocycles. The highest BCUT2D eigenvalue weighted by atomic mass is 16.5. The van der Waals surface area contributed by atoms with Gasteiger partial charge in [-0.15, -0.1) is 0 Å². The van der Waals surface area contributed by atoms with Crippen molar-refractivity contribution in [3.63, 3.8) is 0 Å². The number of pyridine rings is 1. The minimum Gasteiger partial charge on any atom is -0.481 e. The van der Waals surface area contributed by atoms with Crippen LogP contribution in [0, 0.1) is 11.3 Å². The van der Waals surface area contributed by atoms with Crippen LogP contribution in [0.2, 0.25) is 0 Å². The standard InChI is InChI=1S/C15H12N2O3/c1-19-14-7-6-13(9-17-14)15(18)20-10-12-4-2-11(8-16)3-5-12/h2-7,9H,10H2,1H3. The van der Waals surface area contributed by atoms with Crippen molar-refractivity contribution in [2.75, 3.05) is 7.11 Å². The molecule has 0 bridgehead atoms. The van der Waals surface area contributed by atoms with Crippen molar-refractivity contribution in [3.05, 3.63) is 59.3 Å². The Morgan fingerprint density at radius 3 is 2.55 bits per heavy atom. The van der Waals surface area contributed by atoms with Gasteiger partial charge in [0.1, 0.15) is 6.61 Å². The van der Waals surface area contributed by atoms with Gasteiger partial charge < -0.3 is 9.47 Å². The topological polar surface area (TPSA) is 72.2 Å². The molecule has 0 amide bonds. The van der Waals surface area contributed by atoms with Crippen molar-refractivity contribution < 1.29 is 14.3 Å². The molecule has 0 aliphatic heterocycles. The molecule has 1 aromatic heterocycles. The zero-order valence-electron chi connectivity index (χ0n) is 10.9. The fourth-order valence-electron chi connectivity index (χ4n) is 1.53. The summed E-state index contributed by atoms with van der Waals surface area (Å²) in [6, 6.07) is 12.1. The van der Waals surface area contributed by atoms with Crippen molar-refractivity contribution in [2.45, 2.75) is 6.61 Å². The number of hydrogen-bond donors (Lipinski definition) is 0. The van der Waals surface area contributed by atoms with Gasteiger partial charge in [-0.2, -0.15) is 5.26 Å². The summed E-state index contributed by atoms with van der Waals surface area (Å²) < 4.78 is 10.1. The first kappa shape index (κ1) is 13.6. The zero-order valence-corrected chi connectivity index (χ0v) is 10.9. The second kappa shape index (κ2) is 6.34. The first-order chi connectivity index (χ1) is 9.72. The molecule has 100 valence electrons. The van der Waals surface area contributed by atoms with Crippen LogP contribution in [-0.4, -0.2) is 18.1 Å². The van der Waals surface area contributed by atoms with Gasteiger partial charge >= 0.3 is 5.97 Å². The smallest absolute Gasteiger partial charge is 0.340 e. The predicted molar refractivity (Wildman–Crippen MR) is 71.1 cm³/mol. The first-order valence-corrected chi connectivity index (χ1v) is 5.89. The van der Waals surface area contributed by atoms with Crippen LogP contribution in [-0.2, 0) is 11.3 Å². The lowest BCUT2D eigenvalue weighted by Crippen LogP contribution is -2.05. The van der Waals surface area contributed by atoms with Crippen LogP contribution in [0.25, 0.3) is 0 Å². The molecule has 0 fully saturated rings. The van der Waals surface area contributed by atoms with Crippen molar-refractivity contribution >= 4 is 5.97 Å². The van der Waals surface area contributed by atoms with E-state index in [9.17, 15) is 4.79 Å². The number of methoxy groups -OCH3 is 1. The first-order valence-electron chi connectivity index (χ1n) is 5.89. The largest absolute Gasteiger partial charge is 0.481 e. The lowest BCUT2D eigenvalue weighted by molar-refractivity contribution is 0.0472.